The molecule has 0 radical (unpaired) electrons. The molecular weight excluding hydrogens is 650 g/mol. The number of nitrogens with one attached hydrogen (secondary N) is 1. The van der Waals surface area contributed by atoms with E-state index in [9.17, 15) is 18.3 Å². The van der Waals surface area contributed by atoms with E-state index >= 15 is 0 Å². The molecule has 2 N–H and O–H groups in total. The molecule has 6 rings (SSSR count). The van der Waals surface area contributed by atoms with Gasteiger partial charge in [0.15, 0.2) is 11.9 Å². The second-order valence-corrected chi connectivity index (χ2v) is 15.7. The molecule has 4 heterocycles. The fraction of sp³-hybridized carbons (Fsp3) is 0.600. The third-order valence-electron chi connectivity index (χ3n) is 9.53. The molecule has 3 aliphatic heterocycles. The molecule has 3 aromatic rings. The number of likely N-dealkylation sites (tertiary alicyclic amines) is 1. The van der Waals surface area contributed by atoms with Crippen LogP contribution in [0.4, 0.5) is 10.8 Å². The number of aliphatic hydroxyl groups excluding tert-OH is 1. The van der Waals surface area contributed by atoms with Crippen molar-refractivity contribution in [3.05, 3.63) is 54.1 Å². The molecule has 14 heteroatoms. The number of likely N-dealkylation sites (N-methyl/N-ethyl adjacent to an activating group) is 1. The van der Waals surface area contributed by atoms with Crippen LogP contribution in [0, 0.1) is 11.8 Å². The Labute approximate surface area is 288 Å². The first-order valence-electron chi connectivity index (χ1n) is 17.3. The van der Waals surface area contributed by atoms with Gasteiger partial charge in [0.25, 0.3) is 6.01 Å². The smallest absolute Gasteiger partial charge is 0.407 e. The number of benzene rings is 2. The van der Waals surface area contributed by atoms with Gasteiger partial charge in [0.1, 0.15) is 11.6 Å². The van der Waals surface area contributed by atoms with Crippen molar-refractivity contribution in [3.63, 3.8) is 0 Å². The van der Waals surface area contributed by atoms with Crippen molar-refractivity contribution in [3.8, 4) is 0 Å². The van der Waals surface area contributed by atoms with Gasteiger partial charge in [-0.1, -0.05) is 44.2 Å². The van der Waals surface area contributed by atoms with Crippen molar-refractivity contribution in [1.82, 2.24) is 19.5 Å². The Morgan fingerprint density at radius 3 is 2.65 bits per heavy atom. The number of nitrogens with zero attached hydrogens (tertiary/aromatic N) is 4. The first kappa shape index (κ1) is 35.6. The van der Waals surface area contributed by atoms with E-state index in [1.807, 2.05) is 56.1 Å². The van der Waals surface area contributed by atoms with Crippen molar-refractivity contribution in [2.45, 2.75) is 69.0 Å². The largest absolute Gasteiger partial charge is 0.443 e. The van der Waals surface area contributed by atoms with Gasteiger partial charge in [0.05, 0.1) is 36.2 Å². The Morgan fingerprint density at radius 1 is 1.12 bits per heavy atom. The summed E-state index contributed by atoms with van der Waals surface area (Å²) in [5.41, 5.74) is 1.80. The molecule has 1 amide bonds. The quantitative estimate of drug-likeness (QED) is 0.241. The third-order valence-corrected chi connectivity index (χ3v) is 11.4. The molecule has 0 bridgehead atoms. The number of carbonyl (C=O) groups is 1. The molecule has 3 saturated heterocycles. The fourth-order valence-corrected chi connectivity index (χ4v) is 8.43. The van der Waals surface area contributed by atoms with Crippen LogP contribution >= 0.6 is 0 Å². The van der Waals surface area contributed by atoms with Crippen LogP contribution < -0.4 is 10.2 Å². The van der Waals surface area contributed by atoms with Gasteiger partial charge in [-0.2, -0.15) is 9.29 Å². The van der Waals surface area contributed by atoms with Gasteiger partial charge in [-0.05, 0) is 62.4 Å². The molecule has 2 aromatic carbocycles. The van der Waals surface area contributed by atoms with Crippen molar-refractivity contribution >= 4 is 33.2 Å². The number of fused-ring (bicyclic) bond motifs is 2. The van der Waals surface area contributed by atoms with Crippen LogP contribution in [0.3, 0.4) is 0 Å². The number of oxazole rings is 1. The van der Waals surface area contributed by atoms with E-state index in [2.05, 4.69) is 15.2 Å². The molecule has 3 aliphatic rings. The van der Waals surface area contributed by atoms with Crippen molar-refractivity contribution < 1.29 is 36.9 Å². The zero-order valence-electron chi connectivity index (χ0n) is 28.6. The van der Waals surface area contributed by atoms with Crippen LogP contribution in [0.5, 0.6) is 0 Å². The molecule has 0 spiro atoms. The van der Waals surface area contributed by atoms with Crippen molar-refractivity contribution in [2.24, 2.45) is 11.8 Å². The number of ether oxygens (including phenoxy) is 3. The number of alkyl carbamates (subject to hydrolysis) is 1. The molecule has 13 nitrogen and oxygen atoms in total. The van der Waals surface area contributed by atoms with Gasteiger partial charge < -0.3 is 38.9 Å². The normalized spacial score (nSPS) is 22.5. The van der Waals surface area contributed by atoms with Crippen LogP contribution in [0.2, 0.25) is 0 Å². The molecule has 268 valence electrons. The number of hydrogen-bond acceptors (Lipinski definition) is 11. The van der Waals surface area contributed by atoms with E-state index in [1.54, 1.807) is 6.07 Å². The zero-order valence-corrected chi connectivity index (χ0v) is 29.4. The Balaban J connectivity index is 1.17. The zero-order chi connectivity index (χ0) is 34.5. The van der Waals surface area contributed by atoms with Crippen LogP contribution in [-0.2, 0) is 30.7 Å². The summed E-state index contributed by atoms with van der Waals surface area (Å²) in [5, 5.41) is 14.5. The molecule has 3 fully saturated rings. The maximum atomic E-state index is 14.2. The lowest BCUT2D eigenvalue weighted by Crippen LogP contribution is -2.51. The lowest BCUT2D eigenvalue weighted by molar-refractivity contribution is -0.0907. The highest BCUT2D eigenvalue weighted by Crippen LogP contribution is 2.33. The highest BCUT2D eigenvalue weighted by Gasteiger charge is 2.44. The first-order valence-corrected chi connectivity index (χ1v) is 18.8. The van der Waals surface area contributed by atoms with Crippen LogP contribution in [0.1, 0.15) is 38.7 Å². The Kier molecular flexibility index (Phi) is 11.4. The molecule has 0 aliphatic carbocycles. The van der Waals surface area contributed by atoms with E-state index < -0.39 is 34.4 Å². The summed E-state index contributed by atoms with van der Waals surface area (Å²) in [6, 6.07) is 13.7. The number of amides is 1. The number of rotatable bonds is 15. The predicted octanol–water partition coefficient (Wildman–Crippen LogP) is 3.47. The maximum Gasteiger partial charge on any atom is 0.407 e. The van der Waals surface area contributed by atoms with Gasteiger partial charge in [-0.15, -0.1) is 0 Å². The summed E-state index contributed by atoms with van der Waals surface area (Å²) < 4.78 is 52.6. The average molecular weight is 700 g/mol. The summed E-state index contributed by atoms with van der Waals surface area (Å²) >= 11 is 0. The minimum Gasteiger partial charge on any atom is -0.443 e. The SMILES string of the molecule is CC(C)CN(CC(O)C(Cc1ccccc1)NC(=O)OC1COC2OCCC12)S(=O)(=O)c1ccc2nc(N(C)CCN3CCCC3)oc2c1. The third kappa shape index (κ3) is 8.73. The van der Waals surface area contributed by atoms with Crippen molar-refractivity contribution in [2.75, 3.05) is 64.4 Å². The average Bonchev–Trinajstić information content (AvgIpc) is 3.89. The number of anilines is 1. The van der Waals surface area contributed by atoms with Gasteiger partial charge in [0, 0.05) is 39.3 Å². The maximum absolute atomic E-state index is 14.2. The van der Waals surface area contributed by atoms with Gasteiger partial charge in [0.2, 0.25) is 10.0 Å². The second-order valence-electron chi connectivity index (χ2n) is 13.8. The van der Waals surface area contributed by atoms with E-state index in [1.165, 1.54) is 29.3 Å². The van der Waals surface area contributed by atoms with Gasteiger partial charge in [-0.25, -0.2) is 13.2 Å². The monoisotopic (exact) mass is 699 g/mol. The summed E-state index contributed by atoms with van der Waals surface area (Å²) in [7, 11) is -2.17. The summed E-state index contributed by atoms with van der Waals surface area (Å²) in [5.74, 6) is -0.0793. The van der Waals surface area contributed by atoms with E-state index in [0.29, 0.717) is 23.7 Å². The topological polar surface area (TPSA) is 147 Å². The number of sulfonamides is 1. The number of carbonyl (C=O) groups excluding carboxylic acids is 1. The summed E-state index contributed by atoms with van der Waals surface area (Å²) in [6.45, 7) is 8.38. The Hall–Kier alpha value is -3.27. The summed E-state index contributed by atoms with van der Waals surface area (Å²) in [4.78, 5) is 22.1. The molecule has 1 aromatic heterocycles. The number of aliphatic hydroxyl groups is 1. The lowest BCUT2D eigenvalue weighted by Gasteiger charge is -2.31. The van der Waals surface area contributed by atoms with E-state index in [-0.39, 0.29) is 49.1 Å². The first-order chi connectivity index (χ1) is 23.6. The number of aromatic nitrogens is 1. The molecule has 49 heavy (non-hydrogen) atoms. The molecule has 0 saturated carbocycles. The Morgan fingerprint density at radius 2 is 1.90 bits per heavy atom. The number of hydrogen-bond donors (Lipinski definition) is 2. The molecule has 5 atom stereocenters. The predicted molar refractivity (Wildman–Crippen MR) is 184 cm³/mol. The van der Waals surface area contributed by atoms with E-state index in [4.69, 9.17) is 18.6 Å². The molecule has 5 unspecified atom stereocenters. The van der Waals surface area contributed by atoms with Gasteiger partial charge in [-0.3, -0.25) is 0 Å². The highest BCUT2D eigenvalue weighted by atomic mass is 32.2. The second kappa shape index (κ2) is 15.7. The van der Waals surface area contributed by atoms with Crippen molar-refractivity contribution in [1.29, 1.82) is 0 Å². The molecular formula is C35H49N5O8S. The van der Waals surface area contributed by atoms with Crippen LogP contribution in [-0.4, -0.2) is 118 Å². The minimum absolute atomic E-state index is 0.0387. The minimum atomic E-state index is -4.09. The van der Waals surface area contributed by atoms with Crippen LogP contribution in [0.25, 0.3) is 11.1 Å². The fourth-order valence-electron chi connectivity index (χ4n) is 6.79. The summed E-state index contributed by atoms with van der Waals surface area (Å²) in [6.07, 6.45) is 0.651. The standard InChI is InChI=1S/C35H49N5O8S/c1-24(2)21-40(49(43,44)26-11-12-28-31(20-26)47-34(36-28)38(3)16-17-39-14-7-8-15-39)22-30(41)29(19-25-9-5-4-6-10-25)37-35(42)48-32-23-46-33-27(32)13-18-45-33/h4-6,9-12,20,24,27,29-30,32-33,41H,7-8,13-19,21-23H2,1-3H3,(H,37,42). The van der Waals surface area contributed by atoms with E-state index in [0.717, 1.165) is 38.2 Å². The van der Waals surface area contributed by atoms with Gasteiger partial charge >= 0.3 is 6.09 Å². The van der Waals surface area contributed by atoms with Crippen LogP contribution in [0.15, 0.2) is 57.8 Å². The highest BCUT2D eigenvalue weighted by molar-refractivity contribution is 7.89. The Bertz CT molecular complexity index is 1650. The lowest BCUT2D eigenvalue weighted by atomic mass is 10.0.